The highest BCUT2D eigenvalue weighted by Gasteiger charge is 2.31. The average molecular weight is 175 g/mol. The molecule has 72 valence electrons. The predicted molar refractivity (Wildman–Crippen MR) is 44.6 cm³/mol. The Morgan fingerprint density at radius 1 is 1.50 bits per heavy atom. The summed E-state index contributed by atoms with van der Waals surface area (Å²) < 4.78 is 10.8. The van der Waals surface area contributed by atoms with Crippen molar-refractivity contribution in [1.82, 2.24) is 0 Å². The highest BCUT2D eigenvalue weighted by Crippen LogP contribution is 2.20. The lowest BCUT2D eigenvalue weighted by atomic mass is 10.2. The molecule has 1 fully saturated rings. The predicted octanol–water partition coefficient (Wildman–Crippen LogP) is -0.152. The van der Waals surface area contributed by atoms with Gasteiger partial charge in [-0.15, -0.1) is 0 Å². The summed E-state index contributed by atoms with van der Waals surface area (Å²) in [5, 5.41) is 9.36. The molecule has 1 heterocycles. The number of ether oxygens (including phenoxy) is 2. The van der Waals surface area contributed by atoms with Gasteiger partial charge in [0.15, 0.2) is 5.79 Å². The van der Waals surface area contributed by atoms with Gasteiger partial charge in [0.1, 0.15) is 0 Å². The van der Waals surface area contributed by atoms with Crippen molar-refractivity contribution < 1.29 is 14.6 Å². The standard InChI is InChI=1S/C8H17NO3/c1-3-8(2)11-4-6(9)7(10)5-12-8/h6-7,10H,3-5,9H2,1-2H3. The lowest BCUT2D eigenvalue weighted by molar-refractivity contribution is -0.217. The van der Waals surface area contributed by atoms with Gasteiger partial charge in [0, 0.05) is 0 Å². The third-order valence-electron chi connectivity index (χ3n) is 2.28. The highest BCUT2D eigenvalue weighted by molar-refractivity contribution is 4.77. The Morgan fingerprint density at radius 2 is 2.08 bits per heavy atom. The Kier molecular flexibility index (Phi) is 3.06. The van der Waals surface area contributed by atoms with E-state index in [0.717, 1.165) is 6.42 Å². The Labute approximate surface area is 72.6 Å². The maximum absolute atomic E-state index is 9.36. The molecule has 1 saturated heterocycles. The van der Waals surface area contributed by atoms with Crippen LogP contribution >= 0.6 is 0 Å². The van der Waals surface area contributed by atoms with Gasteiger partial charge in [0.2, 0.25) is 0 Å². The Hall–Kier alpha value is -0.160. The molecular weight excluding hydrogens is 158 g/mol. The molecule has 0 bridgehead atoms. The number of hydrogen-bond donors (Lipinski definition) is 2. The molecule has 1 aliphatic heterocycles. The molecule has 3 atom stereocenters. The number of rotatable bonds is 1. The fourth-order valence-electron chi connectivity index (χ4n) is 1.01. The van der Waals surface area contributed by atoms with E-state index < -0.39 is 11.9 Å². The molecule has 0 saturated carbocycles. The molecule has 4 heteroatoms. The minimum Gasteiger partial charge on any atom is -0.389 e. The van der Waals surface area contributed by atoms with Crippen molar-refractivity contribution in [2.45, 2.75) is 38.2 Å². The number of nitrogens with two attached hydrogens (primary N) is 1. The summed E-state index contributed by atoms with van der Waals surface area (Å²) in [7, 11) is 0. The fraction of sp³-hybridized carbons (Fsp3) is 1.00. The quantitative estimate of drug-likeness (QED) is 0.581. The van der Waals surface area contributed by atoms with Crippen molar-refractivity contribution in [2.75, 3.05) is 13.2 Å². The minimum absolute atomic E-state index is 0.255. The first-order chi connectivity index (χ1) is 5.57. The molecule has 0 aromatic carbocycles. The van der Waals surface area contributed by atoms with Crippen LogP contribution in [-0.4, -0.2) is 36.3 Å². The van der Waals surface area contributed by atoms with E-state index in [1.807, 2.05) is 13.8 Å². The van der Waals surface area contributed by atoms with Crippen LogP contribution in [0.2, 0.25) is 0 Å². The summed E-state index contributed by atoms with van der Waals surface area (Å²) in [6.07, 6.45) is 0.144. The number of aliphatic hydroxyl groups excluding tert-OH is 1. The normalized spacial score (nSPS) is 44.0. The van der Waals surface area contributed by atoms with E-state index in [2.05, 4.69) is 0 Å². The van der Waals surface area contributed by atoms with Gasteiger partial charge in [-0.3, -0.25) is 0 Å². The summed E-state index contributed by atoms with van der Waals surface area (Å²) >= 11 is 0. The van der Waals surface area contributed by atoms with E-state index in [9.17, 15) is 5.11 Å². The molecular formula is C8H17NO3. The molecule has 3 N–H and O–H groups in total. The minimum atomic E-state index is -0.613. The summed E-state index contributed by atoms with van der Waals surface area (Å²) in [6.45, 7) is 4.44. The van der Waals surface area contributed by atoms with Crippen molar-refractivity contribution in [1.29, 1.82) is 0 Å². The number of aliphatic hydroxyl groups is 1. The van der Waals surface area contributed by atoms with Crippen molar-refractivity contribution in [3.8, 4) is 0 Å². The van der Waals surface area contributed by atoms with Crippen LogP contribution in [0.25, 0.3) is 0 Å². The molecule has 1 aliphatic rings. The van der Waals surface area contributed by atoms with Crippen molar-refractivity contribution in [2.24, 2.45) is 5.73 Å². The third kappa shape index (κ3) is 2.17. The van der Waals surface area contributed by atoms with E-state index in [1.54, 1.807) is 0 Å². The van der Waals surface area contributed by atoms with Crippen LogP contribution in [0.5, 0.6) is 0 Å². The largest absolute Gasteiger partial charge is 0.389 e. The van der Waals surface area contributed by atoms with Crippen LogP contribution in [0.15, 0.2) is 0 Å². The second-order valence-corrected chi connectivity index (χ2v) is 3.34. The molecule has 0 spiro atoms. The second-order valence-electron chi connectivity index (χ2n) is 3.34. The zero-order valence-electron chi connectivity index (χ0n) is 7.62. The van der Waals surface area contributed by atoms with Crippen molar-refractivity contribution in [3.63, 3.8) is 0 Å². The van der Waals surface area contributed by atoms with Crippen LogP contribution in [0.1, 0.15) is 20.3 Å². The highest BCUT2D eigenvalue weighted by atomic mass is 16.7. The van der Waals surface area contributed by atoms with Crippen molar-refractivity contribution >= 4 is 0 Å². The van der Waals surface area contributed by atoms with Gasteiger partial charge in [-0.2, -0.15) is 0 Å². The van der Waals surface area contributed by atoms with Crippen molar-refractivity contribution in [3.05, 3.63) is 0 Å². The van der Waals surface area contributed by atoms with E-state index >= 15 is 0 Å². The molecule has 0 aliphatic carbocycles. The molecule has 0 amide bonds. The van der Waals surface area contributed by atoms with Gasteiger partial charge >= 0.3 is 0 Å². The molecule has 0 aromatic heterocycles. The van der Waals surface area contributed by atoms with E-state index in [1.165, 1.54) is 0 Å². The Balaban J connectivity index is 2.54. The van der Waals surface area contributed by atoms with E-state index in [0.29, 0.717) is 6.61 Å². The first kappa shape index (κ1) is 9.92. The molecule has 3 unspecified atom stereocenters. The topological polar surface area (TPSA) is 64.7 Å². The van der Waals surface area contributed by atoms with Gasteiger partial charge in [0.25, 0.3) is 0 Å². The zero-order chi connectivity index (χ0) is 9.19. The molecule has 1 rings (SSSR count). The Morgan fingerprint density at radius 3 is 2.67 bits per heavy atom. The first-order valence-corrected chi connectivity index (χ1v) is 4.29. The summed E-state index contributed by atoms with van der Waals surface area (Å²) in [5.41, 5.74) is 5.60. The SMILES string of the molecule is CCC1(C)OCC(N)C(O)CO1. The third-order valence-corrected chi connectivity index (χ3v) is 2.28. The summed E-state index contributed by atoms with van der Waals surface area (Å²) in [6, 6.07) is -0.335. The summed E-state index contributed by atoms with van der Waals surface area (Å²) in [4.78, 5) is 0. The molecule has 0 aromatic rings. The van der Waals surface area contributed by atoms with Crippen LogP contribution in [-0.2, 0) is 9.47 Å². The zero-order valence-corrected chi connectivity index (χ0v) is 7.62. The average Bonchev–Trinajstić information content (AvgIpc) is 2.20. The van der Waals surface area contributed by atoms with Crippen LogP contribution < -0.4 is 5.73 Å². The van der Waals surface area contributed by atoms with E-state index in [4.69, 9.17) is 15.2 Å². The maximum Gasteiger partial charge on any atom is 0.165 e. The smallest absolute Gasteiger partial charge is 0.165 e. The Bertz CT molecular complexity index is 139. The van der Waals surface area contributed by atoms with Gasteiger partial charge < -0.3 is 20.3 Å². The molecule has 12 heavy (non-hydrogen) atoms. The number of hydrogen-bond acceptors (Lipinski definition) is 4. The van der Waals surface area contributed by atoms with Gasteiger partial charge in [0.05, 0.1) is 25.4 Å². The maximum atomic E-state index is 9.36. The second kappa shape index (κ2) is 3.70. The van der Waals surface area contributed by atoms with Crippen LogP contribution in [0.3, 0.4) is 0 Å². The van der Waals surface area contributed by atoms with Gasteiger partial charge in [-0.25, -0.2) is 0 Å². The lowest BCUT2D eigenvalue weighted by Gasteiger charge is -2.26. The monoisotopic (exact) mass is 175 g/mol. The summed E-state index contributed by atoms with van der Waals surface area (Å²) in [5.74, 6) is -0.574. The van der Waals surface area contributed by atoms with Crippen LogP contribution in [0.4, 0.5) is 0 Å². The van der Waals surface area contributed by atoms with Gasteiger partial charge in [-0.1, -0.05) is 6.92 Å². The van der Waals surface area contributed by atoms with Gasteiger partial charge in [-0.05, 0) is 13.3 Å². The molecule has 4 nitrogen and oxygen atoms in total. The first-order valence-electron chi connectivity index (χ1n) is 4.29. The lowest BCUT2D eigenvalue weighted by Crippen LogP contribution is -2.39. The molecule has 0 radical (unpaired) electrons. The fourth-order valence-corrected chi connectivity index (χ4v) is 1.01. The van der Waals surface area contributed by atoms with E-state index in [-0.39, 0.29) is 12.6 Å². The van der Waals surface area contributed by atoms with Crippen LogP contribution in [0, 0.1) is 0 Å².